The Morgan fingerprint density at radius 1 is 1.05 bits per heavy atom. The molecule has 0 amide bonds. The van der Waals surface area contributed by atoms with Crippen LogP contribution in [0.3, 0.4) is 0 Å². The van der Waals surface area contributed by atoms with Crippen LogP contribution >= 0.6 is 0 Å². The topological polar surface area (TPSA) is 92.4 Å². The van der Waals surface area contributed by atoms with Crippen LogP contribution in [0.25, 0.3) is 0 Å². The molecule has 0 aliphatic carbocycles. The summed E-state index contributed by atoms with van der Waals surface area (Å²) in [6.07, 6.45) is 0. The molecular weight excluding hydrogens is 276 g/mol. The van der Waals surface area contributed by atoms with Crippen molar-refractivity contribution >= 4 is 15.7 Å². The van der Waals surface area contributed by atoms with E-state index in [-0.39, 0.29) is 11.5 Å². The smallest absolute Gasteiger partial charge is 0.213 e. The maximum atomic E-state index is 11.0. The van der Waals surface area contributed by atoms with Gasteiger partial charge >= 0.3 is 0 Å². The van der Waals surface area contributed by atoms with Gasteiger partial charge in [0.25, 0.3) is 0 Å². The second-order valence-corrected chi connectivity index (χ2v) is 6.10. The van der Waals surface area contributed by atoms with E-state index in [1.165, 1.54) is 0 Å². The summed E-state index contributed by atoms with van der Waals surface area (Å²) < 4.78 is 21.9. The summed E-state index contributed by atoms with van der Waals surface area (Å²) in [4.78, 5) is 0. The summed E-state index contributed by atoms with van der Waals surface area (Å²) in [6, 6.07) is 14.0. The molecule has 0 spiro atoms. The summed E-state index contributed by atoms with van der Waals surface area (Å²) >= 11 is 0. The zero-order chi connectivity index (χ0) is 14.6. The lowest BCUT2D eigenvalue weighted by Crippen LogP contribution is -2.14. The molecule has 2 rings (SSSR count). The van der Waals surface area contributed by atoms with Crippen LogP contribution in [0.5, 0.6) is 5.75 Å². The molecule has 0 heterocycles. The molecule has 0 saturated heterocycles. The van der Waals surface area contributed by atoms with Crippen molar-refractivity contribution in [3.8, 4) is 5.75 Å². The number of phenols is 1. The van der Waals surface area contributed by atoms with Gasteiger partial charge in [0.05, 0.1) is 5.75 Å². The van der Waals surface area contributed by atoms with Crippen LogP contribution in [0.2, 0.25) is 0 Å². The van der Waals surface area contributed by atoms with Gasteiger partial charge in [-0.1, -0.05) is 30.3 Å². The van der Waals surface area contributed by atoms with E-state index in [0.717, 1.165) is 11.3 Å². The van der Waals surface area contributed by atoms with Gasteiger partial charge in [-0.2, -0.15) is 0 Å². The van der Waals surface area contributed by atoms with Crippen LogP contribution in [-0.2, 0) is 22.3 Å². The van der Waals surface area contributed by atoms with Crippen LogP contribution in [0.1, 0.15) is 11.1 Å². The summed E-state index contributed by atoms with van der Waals surface area (Å²) in [5.74, 6) is 0.0677. The molecule has 6 heteroatoms. The first-order valence-electron chi connectivity index (χ1n) is 6.04. The third-order valence-corrected chi connectivity index (χ3v) is 3.53. The molecule has 0 aromatic heterocycles. The molecule has 0 unspecified atom stereocenters. The molecule has 0 aliphatic rings. The SMILES string of the molecule is NS(=O)(=O)Cc1ccc(NCc2ccccc2O)cc1. The summed E-state index contributed by atoms with van der Waals surface area (Å²) in [5, 5.41) is 17.8. The fourth-order valence-corrected chi connectivity index (χ4v) is 2.47. The van der Waals surface area contributed by atoms with E-state index in [2.05, 4.69) is 5.32 Å². The normalized spacial score (nSPS) is 11.2. The minimum atomic E-state index is -3.50. The average molecular weight is 292 g/mol. The van der Waals surface area contributed by atoms with E-state index in [1.54, 1.807) is 36.4 Å². The number of rotatable bonds is 5. The average Bonchev–Trinajstić information content (AvgIpc) is 2.38. The molecule has 0 atom stereocenters. The maximum Gasteiger partial charge on any atom is 0.213 e. The van der Waals surface area contributed by atoms with E-state index in [9.17, 15) is 13.5 Å². The summed E-state index contributed by atoms with van der Waals surface area (Å²) in [5.41, 5.74) is 2.27. The minimum absolute atomic E-state index is 0.174. The Kier molecular flexibility index (Phi) is 4.26. The second-order valence-electron chi connectivity index (χ2n) is 4.49. The molecular formula is C14H16N2O3S. The third-order valence-electron chi connectivity index (χ3n) is 2.80. The predicted octanol–water partition coefficient (Wildman–Crippen LogP) is 1.79. The molecule has 0 bridgehead atoms. The highest BCUT2D eigenvalue weighted by Gasteiger charge is 2.05. The first-order chi connectivity index (χ1) is 9.44. The number of hydrogen-bond donors (Lipinski definition) is 3. The van der Waals surface area contributed by atoms with E-state index in [1.807, 2.05) is 12.1 Å². The number of hydrogen-bond acceptors (Lipinski definition) is 4. The Bertz CT molecular complexity index is 682. The van der Waals surface area contributed by atoms with Crippen molar-refractivity contribution in [2.24, 2.45) is 5.14 Å². The molecule has 2 aromatic rings. The summed E-state index contributed by atoms with van der Waals surface area (Å²) in [7, 11) is -3.50. The van der Waals surface area contributed by atoms with Crippen molar-refractivity contribution in [1.29, 1.82) is 0 Å². The highest BCUT2D eigenvalue weighted by molar-refractivity contribution is 7.88. The van der Waals surface area contributed by atoms with Crippen LogP contribution in [0.4, 0.5) is 5.69 Å². The number of sulfonamides is 1. The minimum Gasteiger partial charge on any atom is -0.508 e. The van der Waals surface area contributed by atoms with Crippen molar-refractivity contribution in [1.82, 2.24) is 0 Å². The molecule has 2 aromatic carbocycles. The quantitative estimate of drug-likeness (QED) is 0.783. The number of nitrogens with one attached hydrogen (secondary N) is 1. The highest BCUT2D eigenvalue weighted by atomic mass is 32.2. The number of benzene rings is 2. The number of nitrogens with two attached hydrogens (primary N) is 1. The van der Waals surface area contributed by atoms with Gasteiger partial charge in [-0.25, -0.2) is 13.6 Å². The van der Waals surface area contributed by atoms with Crippen LogP contribution in [0, 0.1) is 0 Å². The van der Waals surface area contributed by atoms with Crippen molar-refractivity contribution in [3.05, 3.63) is 59.7 Å². The number of aromatic hydroxyl groups is 1. The summed E-state index contributed by atoms with van der Waals surface area (Å²) in [6.45, 7) is 0.487. The first kappa shape index (κ1) is 14.4. The largest absolute Gasteiger partial charge is 0.508 e. The second kappa shape index (κ2) is 5.94. The van der Waals surface area contributed by atoms with Crippen LogP contribution in [-0.4, -0.2) is 13.5 Å². The Morgan fingerprint density at radius 2 is 1.70 bits per heavy atom. The highest BCUT2D eigenvalue weighted by Crippen LogP contribution is 2.18. The number of primary sulfonamides is 1. The lowest BCUT2D eigenvalue weighted by atomic mass is 10.2. The van der Waals surface area contributed by atoms with Crippen LogP contribution in [0.15, 0.2) is 48.5 Å². The number of anilines is 1. The zero-order valence-corrected chi connectivity index (χ0v) is 11.6. The first-order valence-corrected chi connectivity index (χ1v) is 7.76. The van der Waals surface area contributed by atoms with Gasteiger partial charge in [-0.05, 0) is 23.8 Å². The van der Waals surface area contributed by atoms with Crippen molar-refractivity contribution in [3.63, 3.8) is 0 Å². The monoisotopic (exact) mass is 292 g/mol. The predicted molar refractivity (Wildman–Crippen MR) is 78.7 cm³/mol. The van der Waals surface area contributed by atoms with Crippen molar-refractivity contribution in [2.75, 3.05) is 5.32 Å². The fraction of sp³-hybridized carbons (Fsp3) is 0.143. The van der Waals surface area contributed by atoms with Gasteiger partial charge in [0, 0.05) is 17.8 Å². The Hall–Kier alpha value is -2.05. The fourth-order valence-electron chi connectivity index (χ4n) is 1.81. The van der Waals surface area contributed by atoms with Gasteiger partial charge in [0.15, 0.2) is 0 Å². The molecule has 106 valence electrons. The standard InChI is InChI=1S/C14H16N2O3S/c15-20(18,19)10-11-5-7-13(8-6-11)16-9-12-3-1-2-4-14(12)17/h1-8,16-17H,9-10H2,(H2,15,18,19). The van der Waals surface area contributed by atoms with Crippen molar-refractivity contribution < 1.29 is 13.5 Å². The van der Waals surface area contributed by atoms with Gasteiger partial charge in [-0.15, -0.1) is 0 Å². The molecule has 0 saturated carbocycles. The van der Waals surface area contributed by atoms with Gasteiger partial charge < -0.3 is 10.4 Å². The van der Waals surface area contributed by atoms with Crippen molar-refractivity contribution in [2.45, 2.75) is 12.3 Å². The number of phenolic OH excluding ortho intramolecular Hbond substituents is 1. The molecule has 4 N–H and O–H groups in total. The Morgan fingerprint density at radius 3 is 2.30 bits per heavy atom. The molecule has 0 aliphatic heterocycles. The van der Waals surface area contributed by atoms with Crippen LogP contribution < -0.4 is 10.5 Å². The maximum absolute atomic E-state index is 11.0. The lowest BCUT2D eigenvalue weighted by molar-refractivity contribution is 0.469. The van der Waals surface area contributed by atoms with E-state index in [4.69, 9.17) is 5.14 Å². The Balaban J connectivity index is 1.99. The van der Waals surface area contributed by atoms with Gasteiger partial charge in [-0.3, -0.25) is 0 Å². The number of para-hydroxylation sites is 1. The zero-order valence-electron chi connectivity index (χ0n) is 10.8. The van der Waals surface area contributed by atoms with Gasteiger partial charge in [0.1, 0.15) is 5.75 Å². The van der Waals surface area contributed by atoms with Gasteiger partial charge in [0.2, 0.25) is 10.0 Å². The molecule has 20 heavy (non-hydrogen) atoms. The lowest BCUT2D eigenvalue weighted by Gasteiger charge is -2.08. The van der Waals surface area contributed by atoms with E-state index < -0.39 is 10.0 Å². The molecule has 0 fully saturated rings. The third kappa shape index (κ3) is 4.25. The van der Waals surface area contributed by atoms with E-state index >= 15 is 0 Å². The Labute approximate surface area is 118 Å². The molecule has 0 radical (unpaired) electrons. The molecule has 5 nitrogen and oxygen atoms in total. The van der Waals surface area contributed by atoms with E-state index in [0.29, 0.717) is 12.1 Å².